The average Bonchev–Trinajstić information content (AvgIpc) is 3.11. The Labute approximate surface area is 170 Å². The largest absolute Gasteiger partial charge is 0.379 e. The molecule has 0 heterocycles. The molecule has 1 fully saturated rings. The summed E-state index contributed by atoms with van der Waals surface area (Å²) < 4.78 is 16.8. The Morgan fingerprint density at radius 3 is 2.28 bits per heavy atom. The number of guanidine groups is 1. The van der Waals surface area contributed by atoms with Crippen molar-refractivity contribution in [3.63, 3.8) is 0 Å². The van der Waals surface area contributed by atoms with E-state index in [-0.39, 0.29) is 24.0 Å². The van der Waals surface area contributed by atoms with Gasteiger partial charge in [-0.3, -0.25) is 4.99 Å². The Bertz CT molecular complexity index is 314. The molecule has 0 aromatic carbocycles. The van der Waals surface area contributed by atoms with E-state index in [1.54, 1.807) is 7.05 Å². The zero-order valence-corrected chi connectivity index (χ0v) is 18.4. The minimum atomic E-state index is 0. The van der Waals surface area contributed by atoms with Crippen LogP contribution in [0.4, 0.5) is 0 Å². The summed E-state index contributed by atoms with van der Waals surface area (Å²) in [4.78, 5) is 4.20. The van der Waals surface area contributed by atoms with Crippen molar-refractivity contribution in [2.45, 2.75) is 58.0 Å². The standard InChI is InChI=1S/C18H37N3O3.HI/c1-3-4-12-22-15-16-23-14-11-21-18(19-2)20-10-7-13-24-17-8-5-6-9-17;/h17H,3-16H2,1-2H3,(H2,19,20,21);1H. The maximum absolute atomic E-state index is 5.85. The van der Waals surface area contributed by atoms with Crippen molar-refractivity contribution in [1.82, 2.24) is 10.6 Å². The van der Waals surface area contributed by atoms with Gasteiger partial charge in [0.1, 0.15) is 0 Å². The summed E-state index contributed by atoms with van der Waals surface area (Å²) in [5.41, 5.74) is 0. The molecule has 0 unspecified atom stereocenters. The quantitative estimate of drug-likeness (QED) is 0.177. The number of nitrogens with zero attached hydrogens (tertiary/aromatic N) is 1. The van der Waals surface area contributed by atoms with Gasteiger partial charge in [0.05, 0.1) is 25.9 Å². The monoisotopic (exact) mass is 471 g/mol. The number of rotatable bonds is 14. The van der Waals surface area contributed by atoms with Crippen molar-refractivity contribution < 1.29 is 14.2 Å². The van der Waals surface area contributed by atoms with Crippen LogP contribution in [0.3, 0.4) is 0 Å². The predicted molar refractivity (Wildman–Crippen MR) is 114 cm³/mol. The molecule has 0 amide bonds. The summed E-state index contributed by atoms with van der Waals surface area (Å²) in [6.07, 6.45) is 8.92. The summed E-state index contributed by atoms with van der Waals surface area (Å²) in [7, 11) is 1.78. The highest BCUT2D eigenvalue weighted by molar-refractivity contribution is 14.0. The molecule has 25 heavy (non-hydrogen) atoms. The predicted octanol–water partition coefficient (Wildman–Crippen LogP) is 2.95. The van der Waals surface area contributed by atoms with Gasteiger partial charge in [0, 0.05) is 33.4 Å². The fraction of sp³-hybridized carbons (Fsp3) is 0.944. The third kappa shape index (κ3) is 14.7. The molecule has 0 aromatic rings. The second-order valence-electron chi connectivity index (χ2n) is 6.13. The van der Waals surface area contributed by atoms with Gasteiger partial charge in [-0.15, -0.1) is 24.0 Å². The number of hydrogen-bond donors (Lipinski definition) is 2. The van der Waals surface area contributed by atoms with Gasteiger partial charge in [-0.1, -0.05) is 26.2 Å². The summed E-state index contributed by atoms with van der Waals surface area (Å²) in [5, 5.41) is 6.54. The van der Waals surface area contributed by atoms with Crippen LogP contribution in [0, 0.1) is 0 Å². The van der Waals surface area contributed by atoms with Gasteiger partial charge in [0.25, 0.3) is 0 Å². The summed E-state index contributed by atoms with van der Waals surface area (Å²) in [6, 6.07) is 0. The molecule has 1 aliphatic rings. The smallest absolute Gasteiger partial charge is 0.191 e. The Hall–Kier alpha value is -0.120. The first kappa shape index (κ1) is 24.9. The summed E-state index contributed by atoms with van der Waals surface area (Å²) >= 11 is 0. The van der Waals surface area contributed by atoms with E-state index in [1.165, 1.54) is 32.1 Å². The van der Waals surface area contributed by atoms with Gasteiger partial charge >= 0.3 is 0 Å². The van der Waals surface area contributed by atoms with E-state index < -0.39 is 0 Å². The van der Waals surface area contributed by atoms with Crippen LogP contribution in [-0.4, -0.2) is 65.2 Å². The van der Waals surface area contributed by atoms with E-state index in [4.69, 9.17) is 14.2 Å². The molecule has 0 spiro atoms. The third-order valence-corrected chi connectivity index (χ3v) is 4.05. The molecule has 1 saturated carbocycles. The van der Waals surface area contributed by atoms with Crippen LogP contribution in [0.25, 0.3) is 0 Å². The number of aliphatic imine (C=N–C) groups is 1. The van der Waals surface area contributed by atoms with Gasteiger partial charge in [0.15, 0.2) is 5.96 Å². The molecule has 0 bridgehead atoms. The van der Waals surface area contributed by atoms with E-state index in [9.17, 15) is 0 Å². The van der Waals surface area contributed by atoms with Crippen molar-refractivity contribution in [2.24, 2.45) is 4.99 Å². The summed E-state index contributed by atoms with van der Waals surface area (Å²) in [6.45, 7) is 7.42. The van der Waals surface area contributed by atoms with Crippen LogP contribution in [0.15, 0.2) is 4.99 Å². The highest BCUT2D eigenvalue weighted by Gasteiger charge is 2.14. The number of ether oxygens (including phenoxy) is 3. The molecule has 6 nitrogen and oxygen atoms in total. The normalized spacial score (nSPS) is 15.2. The molecule has 7 heteroatoms. The topological polar surface area (TPSA) is 64.1 Å². The first-order valence-electron chi connectivity index (χ1n) is 9.58. The highest BCUT2D eigenvalue weighted by Crippen LogP contribution is 2.20. The van der Waals surface area contributed by atoms with Crippen molar-refractivity contribution in [1.29, 1.82) is 0 Å². The van der Waals surface area contributed by atoms with E-state index in [1.807, 2.05) is 0 Å². The molecular weight excluding hydrogens is 433 g/mol. The van der Waals surface area contributed by atoms with Crippen molar-refractivity contribution in [2.75, 3.05) is 53.2 Å². The Morgan fingerprint density at radius 2 is 1.60 bits per heavy atom. The molecule has 1 aliphatic carbocycles. The van der Waals surface area contributed by atoms with Crippen LogP contribution in [0.1, 0.15) is 51.9 Å². The van der Waals surface area contributed by atoms with Gasteiger partial charge < -0.3 is 24.8 Å². The Kier molecular flexibility index (Phi) is 18.6. The van der Waals surface area contributed by atoms with Crippen LogP contribution in [0.2, 0.25) is 0 Å². The Balaban J connectivity index is 0.00000576. The maximum Gasteiger partial charge on any atom is 0.191 e. The Morgan fingerprint density at radius 1 is 0.920 bits per heavy atom. The molecular formula is C18H38IN3O3. The maximum atomic E-state index is 5.85. The lowest BCUT2D eigenvalue weighted by Gasteiger charge is -2.13. The SMILES string of the molecule is CCCCOCCOCCNC(=NC)NCCCOC1CCCC1.I. The van der Waals surface area contributed by atoms with Crippen LogP contribution in [-0.2, 0) is 14.2 Å². The molecule has 1 rings (SSSR count). The zero-order chi connectivity index (χ0) is 17.3. The van der Waals surface area contributed by atoms with Crippen LogP contribution < -0.4 is 10.6 Å². The lowest BCUT2D eigenvalue weighted by Crippen LogP contribution is -2.39. The van der Waals surface area contributed by atoms with E-state index in [0.717, 1.165) is 45.1 Å². The van der Waals surface area contributed by atoms with Gasteiger partial charge in [-0.05, 0) is 25.7 Å². The van der Waals surface area contributed by atoms with Crippen LogP contribution >= 0.6 is 24.0 Å². The van der Waals surface area contributed by atoms with Crippen LogP contribution in [0.5, 0.6) is 0 Å². The molecule has 0 aliphatic heterocycles. The zero-order valence-electron chi connectivity index (χ0n) is 16.1. The van der Waals surface area contributed by atoms with E-state index in [0.29, 0.717) is 25.9 Å². The third-order valence-electron chi connectivity index (χ3n) is 4.05. The lowest BCUT2D eigenvalue weighted by molar-refractivity contribution is 0.0487. The second-order valence-corrected chi connectivity index (χ2v) is 6.13. The van der Waals surface area contributed by atoms with Crippen molar-refractivity contribution >= 4 is 29.9 Å². The number of hydrogen-bond acceptors (Lipinski definition) is 4. The first-order valence-corrected chi connectivity index (χ1v) is 9.58. The second kappa shape index (κ2) is 18.7. The summed E-state index contributed by atoms with van der Waals surface area (Å²) in [5.74, 6) is 0.818. The van der Waals surface area contributed by atoms with E-state index in [2.05, 4.69) is 22.5 Å². The number of nitrogens with one attached hydrogen (secondary N) is 2. The van der Waals surface area contributed by atoms with Gasteiger partial charge in [-0.2, -0.15) is 0 Å². The molecule has 0 atom stereocenters. The van der Waals surface area contributed by atoms with Crippen molar-refractivity contribution in [3.05, 3.63) is 0 Å². The molecule has 0 aromatic heterocycles. The van der Waals surface area contributed by atoms with Crippen molar-refractivity contribution in [3.8, 4) is 0 Å². The minimum Gasteiger partial charge on any atom is -0.379 e. The van der Waals surface area contributed by atoms with E-state index >= 15 is 0 Å². The fourth-order valence-corrected chi connectivity index (χ4v) is 2.61. The molecule has 0 radical (unpaired) electrons. The minimum absolute atomic E-state index is 0. The van der Waals surface area contributed by atoms with Gasteiger partial charge in [0.2, 0.25) is 0 Å². The number of halogens is 1. The lowest BCUT2D eigenvalue weighted by atomic mass is 10.3. The first-order chi connectivity index (χ1) is 11.9. The van der Waals surface area contributed by atoms with Gasteiger partial charge in [-0.25, -0.2) is 0 Å². The molecule has 0 saturated heterocycles. The molecule has 2 N–H and O–H groups in total. The fourth-order valence-electron chi connectivity index (χ4n) is 2.61. The highest BCUT2D eigenvalue weighted by atomic mass is 127. The number of unbranched alkanes of at least 4 members (excludes halogenated alkanes) is 1. The molecule has 150 valence electrons. The average molecular weight is 471 g/mol.